The maximum atomic E-state index is 13.1. The molecule has 1 aliphatic rings. The van der Waals surface area contributed by atoms with E-state index in [1.807, 2.05) is 0 Å². The first-order valence-electron chi connectivity index (χ1n) is 4.66. The lowest BCUT2D eigenvalue weighted by atomic mass is 10.0. The lowest BCUT2D eigenvalue weighted by Gasteiger charge is -2.20. The van der Waals surface area contributed by atoms with Gasteiger partial charge in [-0.05, 0) is 22.7 Å². The zero-order chi connectivity index (χ0) is 11.6. The molecule has 1 aliphatic carbocycles. The normalized spacial score (nSPS) is 23.1. The van der Waals surface area contributed by atoms with Gasteiger partial charge < -0.3 is 0 Å². The SMILES string of the molecule is CC1CC(SCC(C)(F)F)=C(P)C=C1F. The highest BCUT2D eigenvalue weighted by Gasteiger charge is 2.24. The van der Waals surface area contributed by atoms with Crippen LogP contribution in [0.2, 0.25) is 0 Å². The molecule has 0 saturated carbocycles. The van der Waals surface area contributed by atoms with Crippen molar-refractivity contribution in [2.75, 3.05) is 5.75 Å². The van der Waals surface area contributed by atoms with Gasteiger partial charge >= 0.3 is 0 Å². The van der Waals surface area contributed by atoms with Crippen LogP contribution in [0.5, 0.6) is 0 Å². The van der Waals surface area contributed by atoms with Crippen molar-refractivity contribution in [3.63, 3.8) is 0 Å². The van der Waals surface area contributed by atoms with E-state index in [0.29, 0.717) is 11.7 Å². The van der Waals surface area contributed by atoms with Gasteiger partial charge in [-0.15, -0.1) is 21.0 Å². The van der Waals surface area contributed by atoms with Gasteiger partial charge in [-0.3, -0.25) is 0 Å². The van der Waals surface area contributed by atoms with Gasteiger partial charge in [0.25, 0.3) is 5.92 Å². The van der Waals surface area contributed by atoms with Crippen molar-refractivity contribution in [1.29, 1.82) is 0 Å². The molecule has 0 aromatic heterocycles. The summed E-state index contributed by atoms with van der Waals surface area (Å²) >= 11 is 1.12. The van der Waals surface area contributed by atoms with Crippen LogP contribution in [0.15, 0.2) is 22.1 Å². The first kappa shape index (κ1) is 13.1. The Bertz CT molecular complexity index is 304. The number of thioether (sulfide) groups is 1. The Balaban J connectivity index is 2.66. The van der Waals surface area contributed by atoms with Crippen LogP contribution in [0, 0.1) is 5.92 Å². The molecule has 0 saturated heterocycles. The molecule has 0 amide bonds. The summed E-state index contributed by atoms with van der Waals surface area (Å²) in [5.74, 6) is -3.29. The summed E-state index contributed by atoms with van der Waals surface area (Å²) in [5, 5.41) is 0.694. The first-order chi connectivity index (χ1) is 6.79. The standard InChI is InChI=1S/C10H14F3PS/c1-6-3-9(8(14)4-7(6)11)15-5-10(2,12)13/h4,6H,3,5,14H2,1-2H3. The molecule has 0 nitrogen and oxygen atoms in total. The van der Waals surface area contributed by atoms with Crippen molar-refractivity contribution < 1.29 is 13.2 Å². The predicted octanol–water partition coefficient (Wildman–Crippen LogP) is 4.35. The molecule has 0 fully saturated rings. The fourth-order valence-corrected chi connectivity index (χ4v) is 2.77. The minimum absolute atomic E-state index is 0.174. The number of halogens is 3. The Hall–Kier alpha value is 0.0500. The maximum Gasteiger partial charge on any atom is 0.254 e. The van der Waals surface area contributed by atoms with Crippen molar-refractivity contribution in [3.8, 4) is 0 Å². The van der Waals surface area contributed by atoms with Crippen LogP contribution in [0.3, 0.4) is 0 Å². The smallest absolute Gasteiger partial charge is 0.211 e. The number of alkyl halides is 2. The molecule has 5 heteroatoms. The van der Waals surface area contributed by atoms with Crippen molar-refractivity contribution in [2.24, 2.45) is 5.92 Å². The van der Waals surface area contributed by atoms with Crippen molar-refractivity contribution in [2.45, 2.75) is 26.2 Å². The average Bonchev–Trinajstić information content (AvgIpc) is 2.07. The fraction of sp³-hybridized carbons (Fsp3) is 0.600. The lowest BCUT2D eigenvalue weighted by Crippen LogP contribution is -2.14. The van der Waals surface area contributed by atoms with Crippen LogP contribution in [0.4, 0.5) is 13.2 Å². The summed E-state index contributed by atoms with van der Waals surface area (Å²) < 4.78 is 38.4. The first-order valence-corrected chi connectivity index (χ1v) is 6.22. The Morgan fingerprint density at radius 2 is 2.20 bits per heavy atom. The highest BCUT2D eigenvalue weighted by atomic mass is 32.2. The topological polar surface area (TPSA) is 0 Å². The van der Waals surface area contributed by atoms with Crippen molar-refractivity contribution in [1.82, 2.24) is 0 Å². The van der Waals surface area contributed by atoms with Crippen LogP contribution < -0.4 is 0 Å². The zero-order valence-corrected chi connectivity index (χ0v) is 10.7. The summed E-state index contributed by atoms with van der Waals surface area (Å²) in [6, 6.07) is 0. The largest absolute Gasteiger partial charge is 0.254 e. The second-order valence-electron chi connectivity index (χ2n) is 3.87. The number of rotatable bonds is 3. The third-order valence-electron chi connectivity index (χ3n) is 2.08. The van der Waals surface area contributed by atoms with E-state index in [1.54, 1.807) is 6.92 Å². The molecular formula is C10H14F3PS. The lowest BCUT2D eigenvalue weighted by molar-refractivity contribution is 0.0493. The van der Waals surface area contributed by atoms with Gasteiger partial charge in [0.1, 0.15) is 5.83 Å². The molecule has 2 unspecified atom stereocenters. The molecule has 0 heterocycles. The molecule has 0 bridgehead atoms. The van der Waals surface area contributed by atoms with Gasteiger partial charge in [0.2, 0.25) is 0 Å². The highest BCUT2D eigenvalue weighted by molar-refractivity contribution is 8.03. The second-order valence-corrected chi connectivity index (χ2v) is 5.56. The highest BCUT2D eigenvalue weighted by Crippen LogP contribution is 2.39. The third kappa shape index (κ3) is 4.20. The minimum atomic E-state index is -2.68. The molecule has 0 aromatic carbocycles. The summed E-state index contributed by atoms with van der Waals surface area (Å²) in [5.41, 5.74) is 0. The Morgan fingerprint density at radius 3 is 2.73 bits per heavy atom. The van der Waals surface area contributed by atoms with E-state index < -0.39 is 5.92 Å². The van der Waals surface area contributed by atoms with Crippen molar-refractivity contribution in [3.05, 3.63) is 22.1 Å². The molecule has 86 valence electrons. The zero-order valence-electron chi connectivity index (χ0n) is 8.69. The molecule has 0 radical (unpaired) electrons. The summed E-state index contributed by atoms with van der Waals surface area (Å²) in [6.07, 6.45) is 1.93. The Morgan fingerprint density at radius 1 is 1.60 bits per heavy atom. The molecule has 2 atom stereocenters. The summed E-state index contributed by atoms with van der Waals surface area (Å²) in [4.78, 5) is 0.843. The van der Waals surface area contributed by atoms with E-state index in [9.17, 15) is 13.2 Å². The van der Waals surface area contributed by atoms with Crippen LogP contribution in [0.25, 0.3) is 0 Å². The van der Waals surface area contributed by atoms with Crippen LogP contribution in [-0.4, -0.2) is 11.7 Å². The van der Waals surface area contributed by atoms with E-state index in [4.69, 9.17) is 0 Å². The fourth-order valence-electron chi connectivity index (χ4n) is 1.22. The van der Waals surface area contributed by atoms with E-state index in [1.165, 1.54) is 6.08 Å². The summed E-state index contributed by atoms with van der Waals surface area (Å²) in [7, 11) is 2.40. The minimum Gasteiger partial charge on any atom is -0.211 e. The predicted molar refractivity (Wildman–Crippen MR) is 62.8 cm³/mol. The van der Waals surface area contributed by atoms with Crippen molar-refractivity contribution >= 4 is 21.0 Å². The Labute approximate surface area is 94.6 Å². The van der Waals surface area contributed by atoms with E-state index in [2.05, 4.69) is 9.24 Å². The quantitative estimate of drug-likeness (QED) is 0.674. The third-order valence-corrected chi connectivity index (χ3v) is 4.20. The van der Waals surface area contributed by atoms with Gasteiger partial charge in [-0.1, -0.05) is 6.92 Å². The molecular weight excluding hydrogens is 240 g/mol. The molecule has 0 aliphatic heterocycles. The van der Waals surface area contributed by atoms with Gasteiger partial charge in [-0.2, -0.15) is 0 Å². The molecule has 0 N–H and O–H groups in total. The monoisotopic (exact) mass is 254 g/mol. The average molecular weight is 254 g/mol. The molecule has 0 aromatic rings. The molecule has 15 heavy (non-hydrogen) atoms. The van der Waals surface area contributed by atoms with Gasteiger partial charge in [0, 0.05) is 12.8 Å². The molecule has 1 rings (SSSR count). The maximum absolute atomic E-state index is 13.1. The van der Waals surface area contributed by atoms with Crippen LogP contribution in [-0.2, 0) is 0 Å². The number of hydrogen-bond acceptors (Lipinski definition) is 1. The number of allylic oxidation sites excluding steroid dienone is 4. The van der Waals surface area contributed by atoms with Gasteiger partial charge in [0.05, 0.1) is 5.75 Å². The van der Waals surface area contributed by atoms with Gasteiger partial charge in [0.15, 0.2) is 0 Å². The number of hydrogen-bond donors (Lipinski definition) is 0. The van der Waals surface area contributed by atoms with Gasteiger partial charge in [-0.25, -0.2) is 13.2 Å². The Kier molecular flexibility index (Phi) is 4.30. The summed E-state index contributed by atoms with van der Waals surface area (Å²) in [6.45, 7) is 2.65. The second kappa shape index (κ2) is 4.92. The van der Waals surface area contributed by atoms with E-state index >= 15 is 0 Å². The van der Waals surface area contributed by atoms with Crippen LogP contribution >= 0.6 is 21.0 Å². The molecule has 0 spiro atoms. The van der Waals surface area contributed by atoms with Crippen LogP contribution in [0.1, 0.15) is 20.3 Å². The van der Waals surface area contributed by atoms with E-state index in [0.717, 1.165) is 23.6 Å². The van der Waals surface area contributed by atoms with E-state index in [-0.39, 0.29) is 17.5 Å².